The van der Waals surface area contributed by atoms with Crippen LogP contribution in [0.25, 0.3) is 0 Å². The number of β-lactam (4-membered cyclic amide) rings is 1. The molecule has 2 atom stereocenters. The minimum atomic E-state index is -0.678. The first kappa shape index (κ1) is 13.7. The summed E-state index contributed by atoms with van der Waals surface area (Å²) < 4.78 is 5.07. The molecule has 0 bridgehead atoms. The van der Waals surface area contributed by atoms with E-state index in [4.69, 9.17) is 4.74 Å². The van der Waals surface area contributed by atoms with Crippen molar-refractivity contribution in [2.24, 2.45) is 5.92 Å². The Labute approximate surface area is 101 Å². The smallest absolute Gasteiger partial charge is 0.307 e. The van der Waals surface area contributed by atoms with E-state index in [-0.39, 0.29) is 30.1 Å². The van der Waals surface area contributed by atoms with Crippen LogP contribution in [-0.4, -0.2) is 28.9 Å². The van der Waals surface area contributed by atoms with Crippen LogP contribution in [-0.2, 0) is 19.1 Å². The minimum Gasteiger partial charge on any atom is -0.440 e. The predicted octanol–water partition coefficient (Wildman–Crippen LogP) is 1.46. The fourth-order valence-electron chi connectivity index (χ4n) is 1.57. The predicted molar refractivity (Wildman–Crippen MR) is 60.7 cm³/mol. The maximum absolute atomic E-state index is 11.8. The Morgan fingerprint density at radius 2 is 2.12 bits per heavy atom. The van der Waals surface area contributed by atoms with Gasteiger partial charge in [-0.15, -0.1) is 0 Å². The van der Waals surface area contributed by atoms with E-state index in [1.54, 1.807) is 6.92 Å². The maximum atomic E-state index is 11.8. The van der Waals surface area contributed by atoms with Crippen LogP contribution in [0.3, 0.4) is 0 Å². The van der Waals surface area contributed by atoms with Crippen molar-refractivity contribution in [2.45, 2.75) is 52.7 Å². The molecule has 0 aromatic heterocycles. The molecule has 0 aliphatic carbocycles. The van der Waals surface area contributed by atoms with E-state index >= 15 is 0 Å². The largest absolute Gasteiger partial charge is 0.440 e. The highest BCUT2D eigenvalue weighted by Crippen LogP contribution is 2.24. The van der Waals surface area contributed by atoms with Crippen LogP contribution in [0.4, 0.5) is 0 Å². The fraction of sp³-hybridized carbons (Fsp3) is 0.750. The van der Waals surface area contributed by atoms with Crippen LogP contribution < -0.4 is 0 Å². The van der Waals surface area contributed by atoms with Gasteiger partial charge in [-0.2, -0.15) is 0 Å². The minimum absolute atomic E-state index is 0.123. The fourth-order valence-corrected chi connectivity index (χ4v) is 1.57. The van der Waals surface area contributed by atoms with E-state index in [1.807, 2.05) is 13.8 Å². The molecule has 2 unspecified atom stereocenters. The van der Waals surface area contributed by atoms with E-state index in [0.29, 0.717) is 19.3 Å². The highest BCUT2D eigenvalue weighted by Gasteiger charge is 2.44. The van der Waals surface area contributed by atoms with Crippen molar-refractivity contribution in [3.05, 3.63) is 0 Å². The summed E-state index contributed by atoms with van der Waals surface area (Å²) in [5.74, 6) is -1.08. The molecule has 5 nitrogen and oxygen atoms in total. The Hall–Kier alpha value is -1.39. The van der Waals surface area contributed by atoms with Crippen LogP contribution in [0.2, 0.25) is 0 Å². The Morgan fingerprint density at radius 3 is 2.59 bits per heavy atom. The van der Waals surface area contributed by atoms with Crippen LogP contribution in [0, 0.1) is 5.92 Å². The molecule has 96 valence electrons. The third-order valence-electron chi connectivity index (χ3n) is 2.90. The molecule has 1 heterocycles. The summed E-state index contributed by atoms with van der Waals surface area (Å²) in [5.41, 5.74) is 0. The van der Waals surface area contributed by atoms with Gasteiger partial charge in [0.2, 0.25) is 11.8 Å². The van der Waals surface area contributed by atoms with E-state index in [1.165, 1.54) is 0 Å². The second-order valence-corrected chi connectivity index (χ2v) is 4.31. The summed E-state index contributed by atoms with van der Waals surface area (Å²) in [6, 6.07) is 0. The SMILES string of the molecule is CCCC(=O)OC1CC(=O)N1C(=O)C(C)CC. The number of nitrogens with zero attached hydrogens (tertiary/aromatic N) is 1. The Bertz CT molecular complexity index is 326. The van der Waals surface area contributed by atoms with Crippen LogP contribution in [0.15, 0.2) is 0 Å². The summed E-state index contributed by atoms with van der Waals surface area (Å²) in [4.78, 5) is 35.5. The number of carbonyl (C=O) groups excluding carboxylic acids is 3. The second kappa shape index (κ2) is 5.80. The third kappa shape index (κ3) is 3.05. The lowest BCUT2D eigenvalue weighted by Crippen LogP contribution is -2.58. The van der Waals surface area contributed by atoms with Crippen molar-refractivity contribution in [1.29, 1.82) is 0 Å². The summed E-state index contributed by atoms with van der Waals surface area (Å²) in [6.07, 6.45) is 1.12. The van der Waals surface area contributed by atoms with Crippen molar-refractivity contribution < 1.29 is 19.1 Å². The number of likely N-dealkylation sites (tertiary alicyclic amines) is 1. The number of esters is 1. The first-order valence-corrected chi connectivity index (χ1v) is 6.06. The van der Waals surface area contributed by atoms with E-state index in [0.717, 1.165) is 4.90 Å². The molecule has 0 saturated carbocycles. The summed E-state index contributed by atoms with van der Waals surface area (Å²) in [7, 11) is 0. The highest BCUT2D eigenvalue weighted by atomic mass is 16.6. The Balaban J connectivity index is 2.56. The van der Waals surface area contributed by atoms with Gasteiger partial charge < -0.3 is 4.74 Å². The molecule has 0 radical (unpaired) electrons. The molecule has 1 saturated heterocycles. The molecule has 0 N–H and O–H groups in total. The highest BCUT2D eigenvalue weighted by molar-refractivity contribution is 6.01. The zero-order valence-corrected chi connectivity index (χ0v) is 10.6. The van der Waals surface area contributed by atoms with Crippen LogP contribution in [0.1, 0.15) is 46.5 Å². The van der Waals surface area contributed by atoms with E-state index in [9.17, 15) is 14.4 Å². The van der Waals surface area contributed by atoms with Crippen molar-refractivity contribution >= 4 is 17.8 Å². The number of rotatable bonds is 5. The third-order valence-corrected chi connectivity index (χ3v) is 2.90. The van der Waals surface area contributed by atoms with Gasteiger partial charge in [0.25, 0.3) is 0 Å². The maximum Gasteiger partial charge on any atom is 0.307 e. The lowest BCUT2D eigenvalue weighted by molar-refractivity contribution is -0.189. The molecule has 1 fully saturated rings. The van der Waals surface area contributed by atoms with Gasteiger partial charge in [0.1, 0.15) is 0 Å². The van der Waals surface area contributed by atoms with Crippen molar-refractivity contribution in [2.75, 3.05) is 0 Å². The van der Waals surface area contributed by atoms with Gasteiger partial charge in [0.05, 0.1) is 6.42 Å². The quantitative estimate of drug-likeness (QED) is 0.540. The number of hydrogen-bond donors (Lipinski definition) is 0. The molecule has 17 heavy (non-hydrogen) atoms. The number of amides is 2. The first-order valence-electron chi connectivity index (χ1n) is 6.06. The Kier molecular flexibility index (Phi) is 4.66. The molecule has 1 rings (SSSR count). The zero-order chi connectivity index (χ0) is 13.0. The summed E-state index contributed by atoms with van der Waals surface area (Å²) in [5, 5.41) is 0. The number of ether oxygens (including phenoxy) is 1. The number of imide groups is 1. The normalized spacial score (nSPS) is 20.8. The number of carbonyl (C=O) groups is 3. The molecule has 0 aromatic carbocycles. The summed E-state index contributed by atoms with van der Waals surface area (Å²) >= 11 is 0. The van der Waals surface area contributed by atoms with Gasteiger partial charge in [-0.3, -0.25) is 14.4 Å². The molecule has 1 aliphatic rings. The molecule has 1 aliphatic heterocycles. The van der Waals surface area contributed by atoms with Gasteiger partial charge in [0.15, 0.2) is 6.23 Å². The second-order valence-electron chi connectivity index (χ2n) is 4.31. The van der Waals surface area contributed by atoms with Gasteiger partial charge in [0, 0.05) is 12.3 Å². The lowest BCUT2D eigenvalue weighted by Gasteiger charge is -2.38. The molecule has 0 aromatic rings. The van der Waals surface area contributed by atoms with Crippen LogP contribution >= 0.6 is 0 Å². The molecule has 0 spiro atoms. The average molecular weight is 241 g/mol. The van der Waals surface area contributed by atoms with Gasteiger partial charge in [-0.05, 0) is 12.8 Å². The zero-order valence-electron chi connectivity index (χ0n) is 10.6. The van der Waals surface area contributed by atoms with Crippen molar-refractivity contribution in [1.82, 2.24) is 4.90 Å². The molecule has 2 amide bonds. The van der Waals surface area contributed by atoms with Gasteiger partial charge >= 0.3 is 5.97 Å². The Morgan fingerprint density at radius 1 is 1.47 bits per heavy atom. The van der Waals surface area contributed by atoms with E-state index in [2.05, 4.69) is 0 Å². The topological polar surface area (TPSA) is 63.7 Å². The number of hydrogen-bond acceptors (Lipinski definition) is 4. The van der Waals surface area contributed by atoms with Crippen molar-refractivity contribution in [3.8, 4) is 0 Å². The summed E-state index contributed by atoms with van der Waals surface area (Å²) in [6.45, 7) is 5.51. The first-order chi connectivity index (χ1) is 8.01. The molecular weight excluding hydrogens is 222 g/mol. The molecule has 5 heteroatoms. The van der Waals surface area contributed by atoms with Gasteiger partial charge in [-0.25, -0.2) is 4.90 Å². The molecular formula is C12H19NO4. The lowest BCUT2D eigenvalue weighted by atomic mass is 10.0. The average Bonchev–Trinajstić information content (AvgIpc) is 2.27. The monoisotopic (exact) mass is 241 g/mol. The van der Waals surface area contributed by atoms with E-state index < -0.39 is 6.23 Å². The standard InChI is InChI=1S/C12H19NO4/c1-4-6-11(15)17-10-7-9(14)13(10)12(16)8(3)5-2/h8,10H,4-7H2,1-3H3. The van der Waals surface area contributed by atoms with Crippen LogP contribution in [0.5, 0.6) is 0 Å². The van der Waals surface area contributed by atoms with Gasteiger partial charge in [-0.1, -0.05) is 20.8 Å². The van der Waals surface area contributed by atoms with Crippen molar-refractivity contribution in [3.63, 3.8) is 0 Å².